The van der Waals surface area contributed by atoms with Crippen LogP contribution in [0.5, 0.6) is 0 Å². The van der Waals surface area contributed by atoms with E-state index in [1.54, 1.807) is 0 Å². The summed E-state index contributed by atoms with van der Waals surface area (Å²) in [5.41, 5.74) is 4.60. The van der Waals surface area contributed by atoms with Gasteiger partial charge in [0.1, 0.15) is 6.61 Å². The van der Waals surface area contributed by atoms with Crippen LogP contribution < -0.4 is 5.32 Å². The van der Waals surface area contributed by atoms with E-state index in [0.29, 0.717) is 6.61 Å². The third kappa shape index (κ3) is 4.75. The number of ether oxygens (including phenoxy) is 2. The highest BCUT2D eigenvalue weighted by Gasteiger charge is 2.37. The Kier molecular flexibility index (Phi) is 6.72. The zero-order valence-corrected chi connectivity index (χ0v) is 19.5. The number of carbonyl (C=O) groups is 3. The van der Waals surface area contributed by atoms with Crippen LogP contribution >= 0.6 is 0 Å². The van der Waals surface area contributed by atoms with Crippen LogP contribution in [0.15, 0.2) is 48.5 Å². The normalized spacial score (nSPS) is 20.3. The summed E-state index contributed by atoms with van der Waals surface area (Å²) >= 11 is 0. The average Bonchev–Trinajstić information content (AvgIpc) is 3.15. The van der Waals surface area contributed by atoms with Gasteiger partial charge in [-0.1, -0.05) is 55.0 Å². The maximum absolute atomic E-state index is 13.0. The summed E-state index contributed by atoms with van der Waals surface area (Å²) in [7, 11) is 0. The monoisotopic (exact) mass is 478 g/mol. The van der Waals surface area contributed by atoms with Crippen LogP contribution in [0.3, 0.4) is 0 Å². The first-order chi connectivity index (χ1) is 17.0. The van der Waals surface area contributed by atoms with Crippen LogP contribution in [0.2, 0.25) is 0 Å². The van der Waals surface area contributed by atoms with Gasteiger partial charge in [0.2, 0.25) is 5.91 Å². The molecule has 5 rings (SSSR count). The SMILES string of the molecule is O=C(NC(CC(=O)N1CCOCC1C(=O)O)C1CCC1)OCC1c2ccccc2-c2ccccc21. The molecule has 0 bridgehead atoms. The Balaban J connectivity index is 1.23. The van der Waals surface area contributed by atoms with Crippen molar-refractivity contribution in [2.75, 3.05) is 26.4 Å². The van der Waals surface area contributed by atoms with Gasteiger partial charge >= 0.3 is 12.1 Å². The highest BCUT2D eigenvalue weighted by atomic mass is 16.5. The van der Waals surface area contributed by atoms with Crippen LogP contribution in [0.1, 0.15) is 42.7 Å². The molecule has 2 unspecified atom stereocenters. The zero-order valence-electron chi connectivity index (χ0n) is 19.5. The van der Waals surface area contributed by atoms with Gasteiger partial charge < -0.3 is 24.8 Å². The van der Waals surface area contributed by atoms with E-state index in [0.717, 1.165) is 41.5 Å². The number of carbonyl (C=O) groups excluding carboxylic acids is 2. The molecule has 35 heavy (non-hydrogen) atoms. The Bertz CT molecular complexity index is 1070. The fourth-order valence-corrected chi connectivity index (χ4v) is 5.38. The average molecular weight is 479 g/mol. The molecule has 0 radical (unpaired) electrons. The molecule has 2 aromatic carbocycles. The number of carboxylic acid groups (broad SMARTS) is 1. The quantitative estimate of drug-likeness (QED) is 0.632. The van der Waals surface area contributed by atoms with Gasteiger partial charge in [0, 0.05) is 24.9 Å². The molecule has 1 saturated carbocycles. The molecule has 3 aliphatic rings. The molecular formula is C27H30N2O6. The fraction of sp³-hybridized carbons (Fsp3) is 0.444. The zero-order chi connectivity index (χ0) is 24.4. The van der Waals surface area contributed by atoms with E-state index in [4.69, 9.17) is 9.47 Å². The number of aliphatic carboxylic acids is 1. The number of hydrogen-bond donors (Lipinski definition) is 2. The lowest BCUT2D eigenvalue weighted by Gasteiger charge is -2.37. The minimum Gasteiger partial charge on any atom is -0.480 e. The predicted octanol–water partition coefficient (Wildman–Crippen LogP) is 3.40. The minimum atomic E-state index is -1.08. The third-order valence-electron chi connectivity index (χ3n) is 7.49. The summed E-state index contributed by atoms with van der Waals surface area (Å²) in [6, 6.07) is 14.9. The van der Waals surface area contributed by atoms with Crippen LogP contribution in [0, 0.1) is 5.92 Å². The molecule has 2 aromatic rings. The maximum atomic E-state index is 13.0. The molecule has 2 aliphatic carbocycles. The van der Waals surface area contributed by atoms with Crippen LogP contribution in [0.4, 0.5) is 4.79 Å². The first-order valence-electron chi connectivity index (χ1n) is 12.2. The van der Waals surface area contributed by atoms with Gasteiger partial charge in [0.25, 0.3) is 0 Å². The van der Waals surface area contributed by atoms with E-state index < -0.39 is 18.1 Å². The number of benzene rings is 2. The Morgan fingerprint density at radius 3 is 2.31 bits per heavy atom. The molecule has 0 spiro atoms. The van der Waals surface area contributed by atoms with Crippen molar-refractivity contribution in [3.05, 3.63) is 59.7 Å². The fourth-order valence-electron chi connectivity index (χ4n) is 5.38. The van der Waals surface area contributed by atoms with E-state index in [1.165, 1.54) is 4.90 Å². The molecular weight excluding hydrogens is 448 g/mol. The van der Waals surface area contributed by atoms with Gasteiger partial charge in [0.15, 0.2) is 6.04 Å². The second-order valence-corrected chi connectivity index (χ2v) is 9.49. The highest BCUT2D eigenvalue weighted by Crippen LogP contribution is 2.44. The highest BCUT2D eigenvalue weighted by molar-refractivity contribution is 5.85. The van der Waals surface area contributed by atoms with Gasteiger partial charge in [-0.2, -0.15) is 0 Å². The lowest BCUT2D eigenvalue weighted by Crippen LogP contribution is -2.54. The Morgan fingerprint density at radius 1 is 1.06 bits per heavy atom. The van der Waals surface area contributed by atoms with Crippen molar-refractivity contribution in [2.24, 2.45) is 5.92 Å². The van der Waals surface area contributed by atoms with Crippen LogP contribution in [-0.2, 0) is 19.1 Å². The Labute approximate surface area is 204 Å². The largest absolute Gasteiger partial charge is 0.480 e. The molecule has 8 nitrogen and oxygen atoms in total. The minimum absolute atomic E-state index is 0.0189. The van der Waals surface area contributed by atoms with E-state index in [-0.39, 0.29) is 50.0 Å². The first kappa shape index (κ1) is 23.4. The summed E-state index contributed by atoms with van der Waals surface area (Å²) in [5.74, 6) is -1.22. The van der Waals surface area contributed by atoms with Crippen LogP contribution in [-0.4, -0.2) is 66.4 Å². The van der Waals surface area contributed by atoms with Gasteiger partial charge in [0.05, 0.1) is 13.2 Å². The van der Waals surface area contributed by atoms with Crippen molar-refractivity contribution in [2.45, 2.75) is 43.7 Å². The summed E-state index contributed by atoms with van der Waals surface area (Å²) in [4.78, 5) is 38.8. The summed E-state index contributed by atoms with van der Waals surface area (Å²) in [6.07, 6.45) is 2.41. The first-order valence-corrected chi connectivity index (χ1v) is 12.2. The van der Waals surface area contributed by atoms with E-state index in [2.05, 4.69) is 29.6 Å². The van der Waals surface area contributed by atoms with Crippen LogP contribution in [0.25, 0.3) is 11.1 Å². The number of amides is 2. The number of nitrogens with zero attached hydrogens (tertiary/aromatic N) is 1. The second kappa shape index (κ2) is 10.1. The number of carboxylic acids is 1. The lowest BCUT2D eigenvalue weighted by atomic mass is 9.78. The standard InChI is InChI=1S/C27H30N2O6/c30-25(29-12-13-34-16-24(29)26(31)32)14-23(17-6-5-7-17)28-27(33)35-15-22-20-10-3-1-8-18(20)19-9-2-4-11-21(19)22/h1-4,8-11,17,22-24H,5-7,12-16H2,(H,28,33)(H,31,32). The van der Waals surface area contributed by atoms with Crippen molar-refractivity contribution in [3.63, 3.8) is 0 Å². The molecule has 1 saturated heterocycles. The van der Waals surface area contributed by atoms with E-state index >= 15 is 0 Å². The van der Waals surface area contributed by atoms with Crippen molar-refractivity contribution < 1.29 is 29.0 Å². The second-order valence-electron chi connectivity index (χ2n) is 9.49. The molecule has 2 N–H and O–H groups in total. The molecule has 184 valence electrons. The van der Waals surface area contributed by atoms with Crippen molar-refractivity contribution in [3.8, 4) is 11.1 Å². The topological polar surface area (TPSA) is 105 Å². The maximum Gasteiger partial charge on any atom is 0.407 e. The number of fused-ring (bicyclic) bond motifs is 3. The third-order valence-corrected chi connectivity index (χ3v) is 7.49. The van der Waals surface area contributed by atoms with Crippen molar-refractivity contribution in [1.82, 2.24) is 10.2 Å². The van der Waals surface area contributed by atoms with Crippen molar-refractivity contribution in [1.29, 1.82) is 0 Å². The molecule has 2 amide bonds. The van der Waals surface area contributed by atoms with Gasteiger partial charge in [-0.3, -0.25) is 4.79 Å². The number of alkyl carbamates (subject to hydrolysis) is 1. The summed E-state index contributed by atoms with van der Waals surface area (Å²) < 4.78 is 10.9. The molecule has 2 atom stereocenters. The predicted molar refractivity (Wildman–Crippen MR) is 128 cm³/mol. The van der Waals surface area contributed by atoms with Crippen molar-refractivity contribution >= 4 is 18.0 Å². The number of morpholine rings is 1. The van der Waals surface area contributed by atoms with Gasteiger partial charge in [-0.25, -0.2) is 9.59 Å². The smallest absolute Gasteiger partial charge is 0.407 e. The summed E-state index contributed by atoms with van der Waals surface area (Å²) in [6.45, 7) is 0.728. The number of rotatable bonds is 7. The molecule has 1 heterocycles. The van der Waals surface area contributed by atoms with E-state index in [9.17, 15) is 19.5 Å². The van der Waals surface area contributed by atoms with Gasteiger partial charge in [-0.15, -0.1) is 0 Å². The van der Waals surface area contributed by atoms with E-state index in [1.807, 2.05) is 24.3 Å². The molecule has 8 heteroatoms. The Morgan fingerprint density at radius 2 is 1.71 bits per heavy atom. The summed E-state index contributed by atoms with van der Waals surface area (Å²) in [5, 5.41) is 12.4. The molecule has 0 aromatic heterocycles. The lowest BCUT2D eigenvalue weighted by molar-refractivity contribution is -0.158. The molecule has 1 aliphatic heterocycles. The van der Waals surface area contributed by atoms with Gasteiger partial charge in [-0.05, 0) is 41.0 Å². The molecule has 2 fully saturated rings. The number of nitrogens with one attached hydrogen (secondary N) is 1. The Hall–Kier alpha value is -3.39. The number of hydrogen-bond acceptors (Lipinski definition) is 5.